The number of sulfonamides is 1. The molecule has 2 aromatic rings. The number of aromatic amines is 1. The predicted molar refractivity (Wildman–Crippen MR) is 67.2 cm³/mol. The first-order valence-corrected chi connectivity index (χ1v) is 6.89. The number of aryl methyl sites for hydroxylation is 1. The van der Waals surface area contributed by atoms with Crippen molar-refractivity contribution < 1.29 is 18.3 Å². The lowest BCUT2D eigenvalue weighted by Gasteiger charge is -2.02. The number of carboxylic acid groups (broad SMARTS) is 1. The van der Waals surface area contributed by atoms with Crippen molar-refractivity contribution in [2.45, 2.75) is 11.4 Å². The van der Waals surface area contributed by atoms with Gasteiger partial charge in [0.1, 0.15) is 10.6 Å². The molecule has 0 atom stereocenters. The number of nitrogens with zero attached hydrogens (tertiary/aromatic N) is 1. The average molecular weight is 283 g/mol. The minimum Gasteiger partial charge on any atom is -0.477 e. The zero-order valence-corrected chi connectivity index (χ0v) is 10.9. The number of aromatic carboxylic acids is 1. The second kappa shape index (κ2) is 4.90. The summed E-state index contributed by atoms with van der Waals surface area (Å²) in [5, 5.41) is 8.73. The van der Waals surface area contributed by atoms with Crippen LogP contribution in [0.5, 0.6) is 0 Å². The van der Waals surface area contributed by atoms with Crippen molar-refractivity contribution in [3.05, 3.63) is 42.0 Å². The van der Waals surface area contributed by atoms with Gasteiger partial charge in [0.25, 0.3) is 0 Å². The van der Waals surface area contributed by atoms with Gasteiger partial charge in [0.05, 0.1) is 0 Å². The maximum absolute atomic E-state index is 11.9. The van der Waals surface area contributed by atoms with Gasteiger partial charge in [-0.2, -0.15) is 0 Å². The van der Waals surface area contributed by atoms with Gasteiger partial charge in [-0.05, 0) is 17.7 Å². The fourth-order valence-corrected chi connectivity index (χ4v) is 2.59. The lowest BCUT2D eigenvalue weighted by molar-refractivity contribution is 0.0691. The van der Waals surface area contributed by atoms with Crippen LogP contribution in [-0.2, 0) is 23.6 Å². The van der Waals surface area contributed by atoms with Crippen molar-refractivity contribution in [2.24, 2.45) is 7.05 Å². The van der Waals surface area contributed by atoms with Crippen LogP contribution in [0.3, 0.4) is 0 Å². The molecule has 2 aromatic heterocycles. The molecule has 0 aliphatic rings. The molecule has 7 nitrogen and oxygen atoms in total. The summed E-state index contributed by atoms with van der Waals surface area (Å²) in [7, 11) is -1.88. The number of hydrogen-bond acceptors (Lipinski definition) is 3. The minimum atomic E-state index is -3.72. The molecule has 0 aliphatic carbocycles. The maximum Gasteiger partial charge on any atom is 0.352 e. The van der Waals surface area contributed by atoms with Gasteiger partial charge in [-0.25, -0.2) is 17.9 Å². The SMILES string of the molecule is Cn1ccc(CNS(=O)(=O)c2c[nH]c(C(=O)O)c2)c1. The van der Waals surface area contributed by atoms with Gasteiger partial charge in [0.15, 0.2) is 0 Å². The molecule has 0 aliphatic heterocycles. The molecule has 3 N–H and O–H groups in total. The lowest BCUT2D eigenvalue weighted by atomic mass is 10.4. The topological polar surface area (TPSA) is 104 Å². The van der Waals surface area contributed by atoms with Crippen molar-refractivity contribution in [1.29, 1.82) is 0 Å². The Morgan fingerprint density at radius 1 is 1.53 bits per heavy atom. The minimum absolute atomic E-state index is 0.0965. The third kappa shape index (κ3) is 3.04. The molecule has 2 rings (SSSR count). The molecule has 0 fully saturated rings. The van der Waals surface area contributed by atoms with E-state index in [1.807, 2.05) is 17.8 Å². The molecule has 0 saturated heterocycles. The van der Waals surface area contributed by atoms with Gasteiger partial charge in [0.2, 0.25) is 10.0 Å². The van der Waals surface area contributed by atoms with Crippen molar-refractivity contribution in [3.63, 3.8) is 0 Å². The van der Waals surface area contributed by atoms with Gasteiger partial charge in [-0.1, -0.05) is 0 Å². The molecule has 0 unspecified atom stereocenters. The molecule has 0 saturated carbocycles. The van der Waals surface area contributed by atoms with E-state index in [1.54, 1.807) is 12.3 Å². The highest BCUT2D eigenvalue weighted by Gasteiger charge is 2.17. The zero-order valence-electron chi connectivity index (χ0n) is 10.1. The molecule has 0 aromatic carbocycles. The third-order valence-electron chi connectivity index (χ3n) is 2.56. The summed E-state index contributed by atoms with van der Waals surface area (Å²) in [5.74, 6) is -1.20. The number of H-pyrrole nitrogens is 1. The molecule has 102 valence electrons. The summed E-state index contributed by atoms with van der Waals surface area (Å²) in [6.45, 7) is 0.150. The Balaban J connectivity index is 2.11. The summed E-state index contributed by atoms with van der Waals surface area (Å²) >= 11 is 0. The quantitative estimate of drug-likeness (QED) is 0.744. The molecular formula is C11H13N3O4S. The number of nitrogens with one attached hydrogen (secondary N) is 2. The third-order valence-corrected chi connectivity index (χ3v) is 3.94. The van der Waals surface area contributed by atoms with Gasteiger partial charge in [-0.15, -0.1) is 0 Å². The molecule has 2 heterocycles. The van der Waals surface area contributed by atoms with E-state index in [1.165, 1.54) is 0 Å². The monoisotopic (exact) mass is 283 g/mol. The van der Waals surface area contributed by atoms with Crippen molar-refractivity contribution in [2.75, 3.05) is 0 Å². The second-order valence-corrected chi connectivity index (χ2v) is 5.83. The first-order valence-electron chi connectivity index (χ1n) is 5.41. The number of hydrogen-bond donors (Lipinski definition) is 3. The van der Waals surface area contributed by atoms with Gasteiger partial charge >= 0.3 is 5.97 Å². The Kier molecular flexibility index (Phi) is 3.45. The van der Waals surface area contributed by atoms with Crippen LogP contribution in [0.4, 0.5) is 0 Å². The predicted octanol–water partition coefficient (Wildman–Crippen LogP) is 0.530. The van der Waals surface area contributed by atoms with Crippen LogP contribution in [0.2, 0.25) is 0 Å². The molecule has 0 spiro atoms. The van der Waals surface area contributed by atoms with Gasteiger partial charge in [0, 0.05) is 32.2 Å². The van der Waals surface area contributed by atoms with Crippen LogP contribution in [0.1, 0.15) is 16.1 Å². The molecule has 8 heteroatoms. The first kappa shape index (κ1) is 13.4. The van der Waals surface area contributed by atoms with E-state index >= 15 is 0 Å². The van der Waals surface area contributed by atoms with E-state index in [2.05, 4.69) is 9.71 Å². The summed E-state index contributed by atoms with van der Waals surface area (Å²) in [4.78, 5) is 13.0. The first-order chi connectivity index (χ1) is 8.88. The van der Waals surface area contributed by atoms with Gasteiger partial charge < -0.3 is 14.7 Å². The Morgan fingerprint density at radius 3 is 2.79 bits per heavy atom. The molecule has 0 bridgehead atoms. The largest absolute Gasteiger partial charge is 0.477 e. The van der Waals surface area contributed by atoms with E-state index < -0.39 is 16.0 Å². The maximum atomic E-state index is 11.9. The van der Waals surface area contributed by atoms with E-state index in [9.17, 15) is 13.2 Å². The summed E-state index contributed by atoms with van der Waals surface area (Å²) in [5.41, 5.74) is 0.653. The number of carboxylic acids is 1. The number of rotatable bonds is 5. The highest BCUT2D eigenvalue weighted by atomic mass is 32.2. The zero-order chi connectivity index (χ0) is 14.0. The average Bonchev–Trinajstić information content (AvgIpc) is 2.95. The van der Waals surface area contributed by atoms with Crippen LogP contribution < -0.4 is 4.72 Å². The van der Waals surface area contributed by atoms with Crippen LogP contribution in [-0.4, -0.2) is 29.0 Å². The van der Waals surface area contributed by atoms with E-state index in [0.29, 0.717) is 0 Å². The van der Waals surface area contributed by atoms with Crippen LogP contribution in [0.25, 0.3) is 0 Å². The standard InChI is InChI=1S/C11H13N3O4S/c1-14-3-2-8(7-14)5-13-19(17,18)9-4-10(11(15)16)12-6-9/h2-4,6-7,12-13H,5H2,1H3,(H,15,16). The lowest BCUT2D eigenvalue weighted by Crippen LogP contribution is -2.22. The summed E-state index contributed by atoms with van der Waals surface area (Å²) in [6, 6.07) is 2.87. The smallest absolute Gasteiger partial charge is 0.352 e. The highest BCUT2D eigenvalue weighted by Crippen LogP contribution is 2.11. The Bertz CT molecular complexity index is 699. The Hall–Kier alpha value is -2.06. The Labute approximate surface area is 109 Å². The molecule has 0 amide bonds. The fourth-order valence-electron chi connectivity index (χ4n) is 1.58. The van der Waals surface area contributed by atoms with Crippen molar-refractivity contribution in [3.8, 4) is 0 Å². The summed E-state index contributed by atoms with van der Waals surface area (Å²) in [6.07, 6.45) is 4.75. The van der Waals surface area contributed by atoms with Crippen LogP contribution >= 0.6 is 0 Å². The number of aromatic nitrogens is 2. The van der Waals surface area contributed by atoms with E-state index in [-0.39, 0.29) is 17.1 Å². The molecule has 19 heavy (non-hydrogen) atoms. The fraction of sp³-hybridized carbons (Fsp3) is 0.182. The normalized spacial score (nSPS) is 11.6. The highest BCUT2D eigenvalue weighted by molar-refractivity contribution is 7.89. The molecular weight excluding hydrogens is 270 g/mol. The number of carbonyl (C=O) groups is 1. The van der Waals surface area contributed by atoms with E-state index in [4.69, 9.17) is 5.11 Å². The van der Waals surface area contributed by atoms with Gasteiger partial charge in [-0.3, -0.25) is 0 Å². The second-order valence-electron chi connectivity index (χ2n) is 4.06. The van der Waals surface area contributed by atoms with E-state index in [0.717, 1.165) is 17.8 Å². The van der Waals surface area contributed by atoms with Crippen molar-refractivity contribution >= 4 is 16.0 Å². The van der Waals surface area contributed by atoms with Crippen LogP contribution in [0, 0.1) is 0 Å². The van der Waals surface area contributed by atoms with Crippen molar-refractivity contribution in [1.82, 2.24) is 14.3 Å². The van der Waals surface area contributed by atoms with Crippen LogP contribution in [0.15, 0.2) is 35.6 Å². The Morgan fingerprint density at radius 2 is 2.26 bits per heavy atom. The summed E-state index contributed by atoms with van der Waals surface area (Å²) < 4.78 is 28.0. The molecule has 0 radical (unpaired) electrons.